The van der Waals surface area contributed by atoms with E-state index in [1.165, 1.54) is 0 Å². The monoisotopic (exact) mass is 304 g/mol. The highest BCUT2D eigenvalue weighted by Crippen LogP contribution is 2.25. The van der Waals surface area contributed by atoms with Crippen molar-refractivity contribution in [3.05, 3.63) is 54.1 Å². The summed E-state index contributed by atoms with van der Waals surface area (Å²) in [4.78, 5) is 0.574. The van der Waals surface area contributed by atoms with Crippen LogP contribution in [0, 0.1) is 6.92 Å². The molecule has 0 bridgehead atoms. The van der Waals surface area contributed by atoms with Gasteiger partial charge in [0.2, 0.25) is 9.84 Å². The Hall–Kier alpha value is -1.81. The van der Waals surface area contributed by atoms with Crippen LogP contribution in [0.1, 0.15) is 26.3 Å². The molecule has 0 N–H and O–H groups in total. The quantitative estimate of drug-likeness (QED) is 0.860. The third-order valence-corrected chi connectivity index (χ3v) is 4.67. The normalized spacial score (nSPS) is 12.2. The largest absolute Gasteiger partial charge is 0.488 e. The third kappa shape index (κ3) is 3.85. The minimum absolute atomic E-state index is 0.271. The van der Waals surface area contributed by atoms with Crippen LogP contribution in [0.5, 0.6) is 5.75 Å². The predicted octanol–water partition coefficient (Wildman–Crippen LogP) is 4.01. The van der Waals surface area contributed by atoms with Crippen LogP contribution in [-0.4, -0.2) is 14.0 Å². The Balaban J connectivity index is 2.31. The van der Waals surface area contributed by atoms with Crippen molar-refractivity contribution < 1.29 is 13.2 Å². The fourth-order valence-electron chi connectivity index (χ4n) is 1.89. The molecule has 0 aliphatic carbocycles. The highest BCUT2D eigenvalue weighted by Gasteiger charge is 2.18. The zero-order chi connectivity index (χ0) is 15.7. The zero-order valence-electron chi connectivity index (χ0n) is 12.8. The highest BCUT2D eigenvalue weighted by atomic mass is 32.2. The maximum absolute atomic E-state index is 12.5. The maximum atomic E-state index is 12.5. The van der Waals surface area contributed by atoms with Gasteiger partial charge in [-0.15, -0.1) is 0 Å². The fraction of sp³-hybridized carbons (Fsp3) is 0.294. The van der Waals surface area contributed by atoms with Gasteiger partial charge in [-0.25, -0.2) is 8.42 Å². The van der Waals surface area contributed by atoms with E-state index < -0.39 is 9.84 Å². The van der Waals surface area contributed by atoms with Gasteiger partial charge in [0.1, 0.15) is 11.4 Å². The molecule has 2 rings (SSSR count). The second-order valence-electron chi connectivity index (χ2n) is 6.00. The molecule has 2 aromatic rings. The molecule has 0 heterocycles. The van der Waals surface area contributed by atoms with E-state index >= 15 is 0 Å². The van der Waals surface area contributed by atoms with Gasteiger partial charge in [0.25, 0.3) is 0 Å². The molecule has 0 spiro atoms. The average Bonchev–Trinajstić information content (AvgIpc) is 2.38. The van der Waals surface area contributed by atoms with Crippen LogP contribution >= 0.6 is 0 Å². The van der Waals surface area contributed by atoms with Gasteiger partial charge in [0.05, 0.1) is 9.79 Å². The van der Waals surface area contributed by atoms with E-state index in [2.05, 4.69) is 0 Å². The Morgan fingerprint density at radius 2 is 1.24 bits per heavy atom. The van der Waals surface area contributed by atoms with E-state index in [0.717, 1.165) is 5.56 Å². The van der Waals surface area contributed by atoms with Crippen molar-refractivity contribution in [1.82, 2.24) is 0 Å². The Morgan fingerprint density at radius 1 is 0.810 bits per heavy atom. The molecule has 0 amide bonds. The van der Waals surface area contributed by atoms with Gasteiger partial charge in [-0.05, 0) is 64.1 Å². The van der Waals surface area contributed by atoms with Crippen LogP contribution in [-0.2, 0) is 9.84 Å². The van der Waals surface area contributed by atoms with Crippen LogP contribution < -0.4 is 4.74 Å². The lowest BCUT2D eigenvalue weighted by molar-refractivity contribution is 0.131. The van der Waals surface area contributed by atoms with Gasteiger partial charge in [-0.2, -0.15) is 0 Å². The Kier molecular flexibility index (Phi) is 4.10. The molecule has 2 aromatic carbocycles. The predicted molar refractivity (Wildman–Crippen MR) is 83.5 cm³/mol. The summed E-state index contributed by atoms with van der Waals surface area (Å²) in [7, 11) is -3.47. The van der Waals surface area contributed by atoms with Gasteiger partial charge in [0, 0.05) is 0 Å². The molecule has 21 heavy (non-hydrogen) atoms. The van der Waals surface area contributed by atoms with Gasteiger partial charge >= 0.3 is 0 Å². The van der Waals surface area contributed by atoms with Gasteiger partial charge < -0.3 is 4.74 Å². The zero-order valence-corrected chi connectivity index (χ0v) is 13.6. The number of aryl methyl sites for hydroxylation is 1. The summed E-state index contributed by atoms with van der Waals surface area (Å²) in [6, 6.07) is 13.4. The molecular formula is C17H20O3S. The van der Waals surface area contributed by atoms with Crippen molar-refractivity contribution in [2.45, 2.75) is 43.1 Å². The second-order valence-corrected chi connectivity index (χ2v) is 7.95. The molecule has 0 atom stereocenters. The summed E-state index contributed by atoms with van der Waals surface area (Å²) < 4.78 is 30.7. The molecule has 4 heteroatoms. The first kappa shape index (κ1) is 15.6. The minimum atomic E-state index is -3.47. The van der Waals surface area contributed by atoms with Crippen LogP contribution in [0.2, 0.25) is 0 Å². The van der Waals surface area contributed by atoms with Crippen molar-refractivity contribution in [1.29, 1.82) is 0 Å². The van der Waals surface area contributed by atoms with Crippen molar-refractivity contribution in [3.63, 3.8) is 0 Å². The smallest absolute Gasteiger partial charge is 0.206 e. The second kappa shape index (κ2) is 5.53. The van der Waals surface area contributed by atoms with Crippen molar-refractivity contribution >= 4 is 9.84 Å². The van der Waals surface area contributed by atoms with Crippen molar-refractivity contribution in [2.24, 2.45) is 0 Å². The van der Waals surface area contributed by atoms with Crippen LogP contribution in [0.25, 0.3) is 0 Å². The lowest BCUT2D eigenvalue weighted by Crippen LogP contribution is -2.22. The SMILES string of the molecule is Cc1ccc(S(=O)(=O)c2ccc(OC(C)(C)C)cc2)cc1. The first-order chi connectivity index (χ1) is 9.68. The molecule has 3 nitrogen and oxygen atoms in total. The van der Waals surface area contributed by atoms with Crippen LogP contribution in [0.4, 0.5) is 0 Å². The maximum Gasteiger partial charge on any atom is 0.206 e. The molecule has 0 aliphatic rings. The van der Waals surface area contributed by atoms with E-state index in [-0.39, 0.29) is 10.5 Å². The van der Waals surface area contributed by atoms with Crippen molar-refractivity contribution in [3.8, 4) is 5.75 Å². The first-order valence-corrected chi connectivity index (χ1v) is 8.28. The molecule has 112 valence electrons. The molecular weight excluding hydrogens is 284 g/mol. The molecule has 0 saturated heterocycles. The molecule has 0 aromatic heterocycles. The van der Waals surface area contributed by atoms with E-state index in [1.807, 2.05) is 27.7 Å². The lowest BCUT2D eigenvalue weighted by atomic mass is 10.2. The van der Waals surface area contributed by atoms with E-state index in [9.17, 15) is 8.42 Å². The highest BCUT2D eigenvalue weighted by molar-refractivity contribution is 7.91. The number of hydrogen-bond acceptors (Lipinski definition) is 3. The summed E-state index contributed by atoms with van der Waals surface area (Å²) in [5.74, 6) is 0.658. The summed E-state index contributed by atoms with van der Waals surface area (Å²) in [5.41, 5.74) is 0.722. The number of benzene rings is 2. The van der Waals surface area contributed by atoms with Crippen LogP contribution in [0.15, 0.2) is 58.3 Å². The standard InChI is InChI=1S/C17H20O3S/c1-13-5-9-15(10-6-13)21(18,19)16-11-7-14(8-12-16)20-17(2,3)4/h5-12H,1-4H3. The van der Waals surface area contributed by atoms with Gasteiger partial charge in [-0.3, -0.25) is 0 Å². The fourth-order valence-corrected chi connectivity index (χ4v) is 3.15. The number of hydrogen-bond donors (Lipinski definition) is 0. The van der Waals surface area contributed by atoms with Gasteiger partial charge in [-0.1, -0.05) is 17.7 Å². The topological polar surface area (TPSA) is 43.4 Å². The van der Waals surface area contributed by atoms with Crippen molar-refractivity contribution in [2.75, 3.05) is 0 Å². The van der Waals surface area contributed by atoms with Gasteiger partial charge in [0.15, 0.2) is 0 Å². The average molecular weight is 304 g/mol. The van der Waals surface area contributed by atoms with E-state index in [1.54, 1.807) is 48.5 Å². The van der Waals surface area contributed by atoms with E-state index in [0.29, 0.717) is 10.6 Å². The summed E-state index contributed by atoms with van der Waals surface area (Å²) in [6.07, 6.45) is 0. The summed E-state index contributed by atoms with van der Waals surface area (Å²) in [5, 5.41) is 0. The molecule has 0 aliphatic heterocycles. The Bertz CT molecular complexity index is 706. The number of sulfone groups is 1. The summed E-state index contributed by atoms with van der Waals surface area (Å²) >= 11 is 0. The van der Waals surface area contributed by atoms with E-state index in [4.69, 9.17) is 4.74 Å². The molecule has 0 fully saturated rings. The molecule has 0 unspecified atom stereocenters. The minimum Gasteiger partial charge on any atom is -0.488 e. The lowest BCUT2D eigenvalue weighted by Gasteiger charge is -2.21. The summed E-state index contributed by atoms with van der Waals surface area (Å²) in [6.45, 7) is 7.77. The number of ether oxygens (including phenoxy) is 1. The third-order valence-electron chi connectivity index (χ3n) is 2.89. The first-order valence-electron chi connectivity index (χ1n) is 6.79. The van der Waals surface area contributed by atoms with Crippen LogP contribution in [0.3, 0.4) is 0 Å². The molecule has 0 radical (unpaired) electrons. The molecule has 0 saturated carbocycles. The Morgan fingerprint density at radius 3 is 1.67 bits per heavy atom. The number of rotatable bonds is 3. The Labute approximate surface area is 126 Å².